The van der Waals surface area contributed by atoms with Gasteiger partial charge in [-0.05, 0) is 47.7 Å². The Bertz CT molecular complexity index is 1090. The van der Waals surface area contributed by atoms with Crippen LogP contribution in [0.1, 0.15) is 41.3 Å². The Morgan fingerprint density at radius 1 is 0.935 bits per heavy atom. The van der Waals surface area contributed by atoms with E-state index < -0.39 is 0 Å². The summed E-state index contributed by atoms with van der Waals surface area (Å²) in [5.74, 6) is -0.209. The highest BCUT2D eigenvalue weighted by Crippen LogP contribution is 2.30. The van der Waals surface area contributed by atoms with Gasteiger partial charge in [0.25, 0.3) is 5.24 Å². The average Bonchev–Trinajstić information content (AvgIpc) is 3.09. The lowest BCUT2D eigenvalue weighted by atomic mass is 9.94. The quantitative estimate of drug-likeness (QED) is 0.436. The minimum Gasteiger partial charge on any atom is -0.300 e. The number of hydrogen-bond donors (Lipinski definition) is 2. The van der Waals surface area contributed by atoms with E-state index >= 15 is 0 Å². The van der Waals surface area contributed by atoms with Crippen molar-refractivity contribution in [3.05, 3.63) is 106 Å². The lowest BCUT2D eigenvalue weighted by molar-refractivity contribution is -0.118. The Morgan fingerprint density at radius 2 is 1.61 bits per heavy atom. The molecule has 3 aromatic rings. The number of hydrogen-bond acceptors (Lipinski definition) is 4. The molecule has 0 bridgehead atoms. The zero-order valence-electron chi connectivity index (χ0n) is 17.0. The van der Waals surface area contributed by atoms with Gasteiger partial charge in [0.2, 0.25) is 5.91 Å². The molecule has 3 aromatic carbocycles. The second kappa shape index (κ2) is 9.81. The molecule has 4 rings (SSSR count). The van der Waals surface area contributed by atoms with Crippen LogP contribution in [0.25, 0.3) is 0 Å². The molecule has 158 valence electrons. The fourth-order valence-electron chi connectivity index (χ4n) is 3.80. The summed E-state index contributed by atoms with van der Waals surface area (Å²) >= 11 is 4.66. The predicted octanol–water partition coefficient (Wildman–Crippen LogP) is 5.78. The first-order valence-corrected chi connectivity index (χ1v) is 11.8. The normalized spacial score (nSPS) is 17.9. The Kier molecular flexibility index (Phi) is 6.90. The molecule has 2 N–H and O–H groups in total. The SMILES string of the molecule is C[C@@H](NC(c1cccc(Br)c1)c1cccc(CC2SC(=O)NC2=O)c1)c1ccccc1. The summed E-state index contributed by atoms with van der Waals surface area (Å²) in [4.78, 5) is 23.5. The fraction of sp³-hybridized carbons (Fsp3) is 0.200. The maximum absolute atomic E-state index is 12.0. The van der Waals surface area contributed by atoms with E-state index in [1.807, 2.05) is 42.5 Å². The number of rotatable bonds is 7. The number of carbonyl (C=O) groups is 2. The molecule has 1 heterocycles. The number of amides is 2. The Balaban J connectivity index is 1.63. The molecule has 0 aromatic heterocycles. The first kappa shape index (κ1) is 21.8. The Labute approximate surface area is 195 Å². The molecule has 0 saturated carbocycles. The maximum Gasteiger partial charge on any atom is 0.286 e. The molecule has 1 saturated heterocycles. The van der Waals surface area contributed by atoms with Crippen LogP contribution in [0.4, 0.5) is 4.79 Å². The molecular weight excluding hydrogens is 472 g/mol. The molecule has 31 heavy (non-hydrogen) atoms. The van der Waals surface area contributed by atoms with Crippen LogP contribution >= 0.6 is 27.7 Å². The van der Waals surface area contributed by atoms with E-state index in [0.29, 0.717) is 6.42 Å². The summed E-state index contributed by atoms with van der Waals surface area (Å²) in [5.41, 5.74) is 4.52. The molecule has 2 unspecified atom stereocenters. The highest BCUT2D eigenvalue weighted by atomic mass is 79.9. The summed E-state index contributed by atoms with van der Waals surface area (Å²) in [6.07, 6.45) is 0.523. The molecule has 3 atom stereocenters. The molecule has 1 fully saturated rings. The van der Waals surface area contributed by atoms with Gasteiger partial charge >= 0.3 is 0 Å². The molecule has 1 aliphatic heterocycles. The van der Waals surface area contributed by atoms with Crippen molar-refractivity contribution in [3.63, 3.8) is 0 Å². The van der Waals surface area contributed by atoms with Crippen LogP contribution in [0.2, 0.25) is 0 Å². The van der Waals surface area contributed by atoms with Crippen LogP contribution in [0.3, 0.4) is 0 Å². The van der Waals surface area contributed by atoms with Gasteiger partial charge in [0.15, 0.2) is 0 Å². The Hall–Kier alpha value is -2.41. The van der Waals surface area contributed by atoms with Crippen molar-refractivity contribution in [2.24, 2.45) is 0 Å². The lowest BCUT2D eigenvalue weighted by Crippen LogP contribution is -2.26. The first-order chi connectivity index (χ1) is 15.0. The monoisotopic (exact) mass is 494 g/mol. The van der Waals surface area contributed by atoms with Crippen molar-refractivity contribution >= 4 is 38.8 Å². The molecule has 4 nitrogen and oxygen atoms in total. The molecule has 1 aliphatic rings. The minimum atomic E-state index is -0.372. The zero-order valence-corrected chi connectivity index (χ0v) is 19.4. The smallest absolute Gasteiger partial charge is 0.286 e. The van der Waals surface area contributed by atoms with E-state index in [2.05, 4.69) is 69.9 Å². The average molecular weight is 495 g/mol. The number of imide groups is 1. The van der Waals surface area contributed by atoms with Gasteiger partial charge in [0, 0.05) is 10.5 Å². The number of halogens is 1. The van der Waals surface area contributed by atoms with Gasteiger partial charge in [-0.2, -0.15) is 0 Å². The number of carbonyl (C=O) groups excluding carboxylic acids is 2. The molecular formula is C25H23BrN2O2S. The van der Waals surface area contributed by atoms with Crippen molar-refractivity contribution in [1.82, 2.24) is 10.6 Å². The van der Waals surface area contributed by atoms with Crippen molar-refractivity contribution < 1.29 is 9.59 Å². The van der Waals surface area contributed by atoms with Gasteiger partial charge in [0.05, 0.1) is 11.3 Å². The van der Waals surface area contributed by atoms with Crippen LogP contribution in [0.5, 0.6) is 0 Å². The van der Waals surface area contributed by atoms with E-state index in [9.17, 15) is 9.59 Å². The summed E-state index contributed by atoms with van der Waals surface area (Å²) < 4.78 is 1.03. The van der Waals surface area contributed by atoms with Gasteiger partial charge in [-0.3, -0.25) is 20.2 Å². The zero-order chi connectivity index (χ0) is 21.8. The lowest BCUT2D eigenvalue weighted by Gasteiger charge is -2.25. The van der Waals surface area contributed by atoms with Crippen molar-refractivity contribution in [2.45, 2.75) is 30.7 Å². The highest BCUT2D eigenvalue weighted by molar-refractivity contribution is 9.10. The van der Waals surface area contributed by atoms with Crippen molar-refractivity contribution in [2.75, 3.05) is 0 Å². The molecule has 0 spiro atoms. The van der Waals surface area contributed by atoms with Crippen LogP contribution in [0, 0.1) is 0 Å². The summed E-state index contributed by atoms with van der Waals surface area (Å²) in [6, 6.07) is 27.0. The maximum atomic E-state index is 12.0. The van der Waals surface area contributed by atoms with Crippen LogP contribution in [0.15, 0.2) is 83.3 Å². The number of benzene rings is 3. The van der Waals surface area contributed by atoms with Crippen LogP contribution < -0.4 is 10.6 Å². The third kappa shape index (κ3) is 5.45. The second-order valence-corrected chi connectivity index (χ2v) is 9.71. The van der Waals surface area contributed by atoms with E-state index in [1.165, 1.54) is 5.56 Å². The van der Waals surface area contributed by atoms with Gasteiger partial charge in [-0.25, -0.2) is 0 Å². The van der Waals surface area contributed by atoms with Gasteiger partial charge in [-0.1, -0.05) is 94.4 Å². The molecule has 2 amide bonds. The minimum absolute atomic E-state index is 0.0284. The van der Waals surface area contributed by atoms with Gasteiger partial charge in [0.1, 0.15) is 0 Å². The van der Waals surface area contributed by atoms with E-state index in [-0.39, 0.29) is 28.5 Å². The standard InChI is InChI=1S/C25H23BrN2O2S/c1-16(18-8-3-2-4-9-18)27-23(20-11-6-12-21(26)15-20)19-10-5-7-17(13-19)14-22-24(29)28-25(30)31-22/h2-13,15-16,22-23,27H,14H2,1H3,(H,28,29,30)/t16-,22?,23?/m1/s1. The third-order valence-corrected chi connectivity index (χ3v) is 6.85. The third-order valence-electron chi connectivity index (χ3n) is 5.37. The van der Waals surface area contributed by atoms with E-state index in [0.717, 1.165) is 32.9 Å². The van der Waals surface area contributed by atoms with E-state index in [1.54, 1.807) is 0 Å². The van der Waals surface area contributed by atoms with Gasteiger partial charge in [-0.15, -0.1) is 0 Å². The number of nitrogens with one attached hydrogen (secondary N) is 2. The molecule has 0 radical (unpaired) electrons. The summed E-state index contributed by atoms with van der Waals surface area (Å²) in [7, 11) is 0. The fourth-order valence-corrected chi connectivity index (χ4v) is 5.08. The van der Waals surface area contributed by atoms with Crippen molar-refractivity contribution in [1.29, 1.82) is 0 Å². The summed E-state index contributed by atoms with van der Waals surface area (Å²) in [5, 5.41) is 5.50. The van der Waals surface area contributed by atoms with E-state index in [4.69, 9.17) is 0 Å². The molecule has 6 heteroatoms. The highest BCUT2D eigenvalue weighted by Gasteiger charge is 2.31. The topological polar surface area (TPSA) is 58.2 Å². The largest absolute Gasteiger partial charge is 0.300 e. The van der Waals surface area contributed by atoms with Crippen LogP contribution in [-0.4, -0.2) is 16.4 Å². The molecule has 0 aliphatic carbocycles. The first-order valence-electron chi connectivity index (χ1n) is 10.2. The van der Waals surface area contributed by atoms with Gasteiger partial charge < -0.3 is 0 Å². The summed E-state index contributed by atoms with van der Waals surface area (Å²) in [6.45, 7) is 2.16. The van der Waals surface area contributed by atoms with Crippen molar-refractivity contribution in [3.8, 4) is 0 Å². The predicted molar refractivity (Wildman–Crippen MR) is 129 cm³/mol. The second-order valence-electron chi connectivity index (χ2n) is 7.62. The number of thioether (sulfide) groups is 1. The van der Waals surface area contributed by atoms with Crippen LogP contribution in [-0.2, 0) is 11.2 Å². The Morgan fingerprint density at radius 3 is 2.29 bits per heavy atom.